The molecule has 1 fully saturated rings. The molecule has 0 aromatic carbocycles. The van der Waals surface area contributed by atoms with Crippen molar-refractivity contribution < 1.29 is 55.9 Å². The number of methoxy groups -OCH3 is 1. The second kappa shape index (κ2) is 12.7. The molecule has 0 spiro atoms. The molecule has 26 heavy (non-hydrogen) atoms. The highest BCUT2D eigenvalue weighted by molar-refractivity contribution is 7.65. The largest absolute Gasteiger partial charge is 0.756 e. The fraction of sp³-hybridized carbons (Fsp3) is 1.00. The molecule has 1 aliphatic heterocycles. The molecule has 1 saturated heterocycles. The molecule has 0 aromatic heterocycles. The van der Waals surface area contributed by atoms with E-state index in [0.29, 0.717) is 6.42 Å². The van der Waals surface area contributed by atoms with Gasteiger partial charge in [0.2, 0.25) is 0 Å². The van der Waals surface area contributed by atoms with Gasteiger partial charge in [0, 0.05) is 13.5 Å². The minimum atomic E-state index is -5.88. The van der Waals surface area contributed by atoms with Crippen LogP contribution < -0.4 is 14.7 Å². The summed E-state index contributed by atoms with van der Waals surface area (Å²) < 4.78 is 53.8. The lowest BCUT2D eigenvalue weighted by molar-refractivity contribution is -0.250. The summed E-state index contributed by atoms with van der Waals surface area (Å²) in [6, 6.07) is 0. The zero-order valence-electron chi connectivity index (χ0n) is 15.4. The Morgan fingerprint density at radius 2 is 1.54 bits per heavy atom. The Labute approximate surface area is 153 Å². The van der Waals surface area contributed by atoms with Crippen molar-refractivity contribution in [2.24, 2.45) is 0 Å². The summed E-state index contributed by atoms with van der Waals surface area (Å²) >= 11 is 0. The van der Waals surface area contributed by atoms with Gasteiger partial charge in [-0.3, -0.25) is 13.7 Å². The normalized spacial score (nSPS) is 29.1. The van der Waals surface area contributed by atoms with Crippen molar-refractivity contribution in [3.63, 3.8) is 0 Å². The Kier molecular flexibility index (Phi) is 14.0. The van der Waals surface area contributed by atoms with Crippen molar-refractivity contribution in [3.05, 3.63) is 0 Å². The van der Waals surface area contributed by atoms with E-state index in [-0.39, 0.29) is 6.10 Å². The van der Waals surface area contributed by atoms with Crippen molar-refractivity contribution in [3.8, 4) is 0 Å². The lowest BCUT2D eigenvalue weighted by Gasteiger charge is -2.33. The van der Waals surface area contributed by atoms with Crippen molar-refractivity contribution in [1.82, 2.24) is 0 Å². The number of phosphoric ester groups is 1. The van der Waals surface area contributed by atoms with E-state index in [1.54, 1.807) is 6.92 Å². The first-order chi connectivity index (χ1) is 11.8. The van der Waals surface area contributed by atoms with E-state index in [1.165, 1.54) is 7.11 Å². The topological polar surface area (TPSA) is 187 Å². The van der Waals surface area contributed by atoms with E-state index in [2.05, 4.69) is 13.1 Å². The van der Waals surface area contributed by atoms with Crippen LogP contribution in [0, 0.1) is 0 Å². The molecular formula is C11H26O12P3-3. The van der Waals surface area contributed by atoms with Crippen LogP contribution in [0.15, 0.2) is 0 Å². The van der Waals surface area contributed by atoms with Gasteiger partial charge >= 0.3 is 0 Å². The number of hydrogen-bond acceptors (Lipinski definition) is 11. The highest BCUT2D eigenvalue weighted by Crippen LogP contribution is 2.61. The van der Waals surface area contributed by atoms with Gasteiger partial charge in [-0.15, -0.1) is 0 Å². The molecule has 0 amide bonds. The van der Waals surface area contributed by atoms with Crippen molar-refractivity contribution >= 4 is 23.5 Å². The lowest BCUT2D eigenvalue weighted by atomic mass is 10.1. The summed E-state index contributed by atoms with van der Waals surface area (Å²) in [7, 11) is -15.7. The maximum absolute atomic E-state index is 11.3. The Balaban J connectivity index is 0. The smallest absolute Gasteiger partial charge is 0.280 e. The van der Waals surface area contributed by atoms with Crippen LogP contribution in [-0.2, 0) is 36.3 Å². The van der Waals surface area contributed by atoms with Gasteiger partial charge in [0.25, 0.3) is 23.5 Å². The van der Waals surface area contributed by atoms with E-state index in [1.807, 2.05) is 27.7 Å². The minimum absolute atomic E-state index is 0.222. The molecule has 0 bridgehead atoms. The molecule has 15 heteroatoms. The third-order valence-electron chi connectivity index (χ3n) is 2.49. The second-order valence-corrected chi connectivity index (χ2v) is 8.61. The summed E-state index contributed by atoms with van der Waals surface area (Å²) in [5.41, 5.74) is 0. The van der Waals surface area contributed by atoms with Gasteiger partial charge in [-0.25, -0.2) is 8.62 Å². The Morgan fingerprint density at radius 3 is 1.96 bits per heavy atom. The molecule has 1 N–H and O–H groups in total. The summed E-state index contributed by atoms with van der Waals surface area (Å²) in [5.74, 6) is 0. The molecule has 1 rings (SSSR count). The van der Waals surface area contributed by atoms with Gasteiger partial charge in [-0.05, 0) is 6.92 Å². The van der Waals surface area contributed by atoms with E-state index < -0.39 is 42.3 Å². The van der Waals surface area contributed by atoms with Gasteiger partial charge in [-0.1, -0.05) is 27.7 Å². The predicted octanol–water partition coefficient (Wildman–Crippen LogP) is 0.678. The number of hydrogen-bond donors (Lipinski definition) is 1. The van der Waals surface area contributed by atoms with E-state index >= 15 is 0 Å². The zero-order valence-corrected chi connectivity index (χ0v) is 18.1. The monoisotopic (exact) mass is 443 g/mol. The van der Waals surface area contributed by atoms with Gasteiger partial charge in [-0.2, -0.15) is 0 Å². The summed E-state index contributed by atoms with van der Waals surface area (Å²) in [6.07, 6.45) is -1.01. The average Bonchev–Trinajstić information content (AvgIpc) is 2.86. The van der Waals surface area contributed by atoms with E-state index in [9.17, 15) is 28.4 Å². The maximum atomic E-state index is 11.3. The molecule has 6 atom stereocenters. The lowest BCUT2D eigenvalue weighted by Crippen LogP contribution is -2.29. The molecular weight excluding hydrogens is 417 g/mol. The quantitative estimate of drug-likeness (QED) is 0.518. The van der Waals surface area contributed by atoms with Crippen LogP contribution in [0.2, 0.25) is 0 Å². The summed E-state index contributed by atoms with van der Waals surface area (Å²) in [6.45, 7) is 9.10. The number of phosphoric acid groups is 3. The zero-order chi connectivity index (χ0) is 21.2. The van der Waals surface area contributed by atoms with Crippen LogP contribution >= 0.6 is 23.5 Å². The molecule has 1 heterocycles. The van der Waals surface area contributed by atoms with Gasteiger partial charge in [0.1, 0.15) is 6.10 Å². The molecule has 0 aliphatic carbocycles. The molecule has 0 radical (unpaired) electrons. The van der Waals surface area contributed by atoms with Crippen LogP contribution in [0.5, 0.6) is 0 Å². The van der Waals surface area contributed by atoms with Gasteiger partial charge in [0.15, 0.2) is 0 Å². The first kappa shape index (κ1) is 28.5. The van der Waals surface area contributed by atoms with Crippen molar-refractivity contribution in [2.45, 2.75) is 59.4 Å². The third kappa shape index (κ3) is 12.7. The first-order valence-electron chi connectivity index (χ1n) is 7.75. The predicted molar refractivity (Wildman–Crippen MR) is 85.6 cm³/mol. The van der Waals surface area contributed by atoms with E-state index in [0.717, 1.165) is 0 Å². The van der Waals surface area contributed by atoms with Crippen LogP contribution in [0.4, 0.5) is 0 Å². The van der Waals surface area contributed by atoms with Crippen LogP contribution in [0.1, 0.15) is 41.0 Å². The van der Waals surface area contributed by atoms with Crippen molar-refractivity contribution in [1.29, 1.82) is 0 Å². The number of rotatable bonds is 8. The Morgan fingerprint density at radius 1 is 1.04 bits per heavy atom. The maximum Gasteiger partial charge on any atom is 0.280 e. The first-order valence-corrected chi connectivity index (χ1v) is 12.2. The highest BCUT2D eigenvalue weighted by Gasteiger charge is 2.34. The number of ether oxygens (including phenoxy) is 2. The van der Waals surface area contributed by atoms with Crippen molar-refractivity contribution in [2.75, 3.05) is 13.7 Å². The fourth-order valence-electron chi connectivity index (χ4n) is 1.77. The molecule has 0 saturated carbocycles. The van der Waals surface area contributed by atoms with Crippen LogP contribution in [-0.4, -0.2) is 36.9 Å². The standard InChI is InChI=1S/C7H17O12P3.2C2H6/c1-5-3-6(15-2)7(17-5)4-16-21(11,12)19-22(13,14)18-20(8,9)10;2*1-2/h5-7H,3-4H2,1-2H3,(H,11,12)(H,13,14)(H2,8,9,10);2*1-2H3/p-3/t5-,6+,7+;;/m0../s1. The molecule has 160 valence electrons. The summed E-state index contributed by atoms with van der Waals surface area (Å²) in [5, 5.41) is 0. The Bertz CT molecular complexity index is 521. The molecule has 1 aliphatic rings. The molecule has 3 unspecified atom stereocenters. The molecule has 12 nitrogen and oxygen atoms in total. The summed E-state index contributed by atoms with van der Waals surface area (Å²) in [4.78, 5) is 40.8. The molecule has 0 aromatic rings. The van der Waals surface area contributed by atoms with Crippen LogP contribution in [0.25, 0.3) is 0 Å². The van der Waals surface area contributed by atoms with Gasteiger partial charge in [0.05, 0.1) is 18.8 Å². The third-order valence-corrected chi connectivity index (χ3v) is 6.18. The highest BCUT2D eigenvalue weighted by atomic mass is 31.3. The van der Waals surface area contributed by atoms with E-state index in [4.69, 9.17) is 14.4 Å². The second-order valence-electron chi connectivity index (χ2n) is 4.32. The Hall–Kier alpha value is 0.330. The van der Waals surface area contributed by atoms with Gasteiger partial charge < -0.3 is 33.6 Å². The minimum Gasteiger partial charge on any atom is -0.756 e. The van der Waals surface area contributed by atoms with Crippen LogP contribution in [0.3, 0.4) is 0 Å². The fourth-order valence-corrected chi connectivity index (χ4v) is 4.66. The average molecular weight is 443 g/mol. The SMILES string of the molecule is CC.CC.CO[C@@H]1C[C@H](C)O[C@@H]1COP(=O)([O-])OP(=O)([O-])OP(=O)([O-])O.